The van der Waals surface area contributed by atoms with Gasteiger partial charge in [0.05, 0.1) is 13.2 Å². The molecule has 2 aliphatic rings. The monoisotopic (exact) mass is 464 g/mol. The van der Waals surface area contributed by atoms with Crippen molar-refractivity contribution < 1.29 is 32.1 Å². The van der Waals surface area contributed by atoms with Crippen LogP contribution in [-0.4, -0.2) is 44.8 Å². The highest BCUT2D eigenvalue weighted by Gasteiger charge is 2.56. The zero-order valence-corrected chi connectivity index (χ0v) is 18.9. The van der Waals surface area contributed by atoms with Crippen molar-refractivity contribution in [1.29, 1.82) is 0 Å². The van der Waals surface area contributed by atoms with E-state index in [-0.39, 0.29) is 29.8 Å². The molecule has 0 N–H and O–H groups in total. The molecule has 2 heterocycles. The number of halogens is 3. The second kappa shape index (κ2) is 10.3. The van der Waals surface area contributed by atoms with Crippen molar-refractivity contribution in [3.8, 4) is 11.5 Å². The van der Waals surface area contributed by atoms with Crippen LogP contribution >= 0.6 is 0 Å². The van der Waals surface area contributed by atoms with Crippen LogP contribution in [0.2, 0.25) is 0 Å². The number of epoxide rings is 2. The summed E-state index contributed by atoms with van der Waals surface area (Å²) in [5, 5.41) is 0. The van der Waals surface area contributed by atoms with E-state index in [9.17, 15) is 13.2 Å². The lowest BCUT2D eigenvalue weighted by molar-refractivity contribution is -0.180. The highest BCUT2D eigenvalue weighted by molar-refractivity contribution is 5.45. The average Bonchev–Trinajstić information content (AvgIpc) is 3.72. The molecular formula is C26H31F3O4. The SMILES string of the molecule is CCCCCCC(c1ccc(OCC2CO2)cc1)(c1ccc(OCC2CO2)cc1)C(F)(F)F. The molecule has 2 unspecified atom stereocenters. The maximum atomic E-state index is 14.9. The van der Waals surface area contributed by atoms with Crippen LogP contribution in [0.1, 0.15) is 50.2 Å². The molecule has 33 heavy (non-hydrogen) atoms. The standard InChI is InChI=1S/C26H31F3O4/c1-2-3-4-5-14-25(26(27,28)29,19-6-10-21(11-7-19)30-15-23-17-32-23)20-8-12-22(13-9-20)31-16-24-18-33-24/h6-13,23-24H,2-5,14-18H2,1H3. The normalized spacial score (nSPS) is 21.3. The Hall–Kier alpha value is -2.25. The fourth-order valence-corrected chi connectivity index (χ4v) is 4.12. The van der Waals surface area contributed by atoms with Gasteiger partial charge in [-0.25, -0.2) is 0 Å². The maximum absolute atomic E-state index is 14.9. The summed E-state index contributed by atoms with van der Waals surface area (Å²) in [6.07, 6.45) is -1.17. The first kappa shape index (κ1) is 23.9. The zero-order valence-electron chi connectivity index (χ0n) is 18.9. The van der Waals surface area contributed by atoms with Crippen LogP contribution in [0.5, 0.6) is 11.5 Å². The molecule has 2 aromatic rings. The van der Waals surface area contributed by atoms with Gasteiger partial charge in [-0.2, -0.15) is 13.2 Å². The highest BCUT2D eigenvalue weighted by Crippen LogP contribution is 2.50. The van der Waals surface area contributed by atoms with E-state index in [4.69, 9.17) is 18.9 Å². The van der Waals surface area contributed by atoms with Gasteiger partial charge in [-0.15, -0.1) is 0 Å². The Labute approximate surface area is 193 Å². The van der Waals surface area contributed by atoms with Crippen LogP contribution in [-0.2, 0) is 14.9 Å². The van der Waals surface area contributed by atoms with Gasteiger partial charge in [0.2, 0.25) is 0 Å². The van der Waals surface area contributed by atoms with E-state index >= 15 is 0 Å². The van der Waals surface area contributed by atoms with Gasteiger partial charge in [0.15, 0.2) is 0 Å². The van der Waals surface area contributed by atoms with E-state index in [1.807, 2.05) is 6.92 Å². The van der Waals surface area contributed by atoms with E-state index in [0.717, 1.165) is 19.3 Å². The van der Waals surface area contributed by atoms with Crippen molar-refractivity contribution >= 4 is 0 Å². The van der Waals surface area contributed by atoms with Crippen LogP contribution in [0.4, 0.5) is 13.2 Å². The molecule has 0 saturated carbocycles. The largest absolute Gasteiger partial charge is 0.491 e. The van der Waals surface area contributed by atoms with Gasteiger partial charge in [0.25, 0.3) is 0 Å². The second-order valence-corrected chi connectivity index (χ2v) is 8.80. The molecule has 0 radical (unpaired) electrons. The van der Waals surface area contributed by atoms with E-state index in [1.165, 1.54) is 0 Å². The third kappa shape index (κ3) is 6.01. The summed E-state index contributed by atoms with van der Waals surface area (Å²) < 4.78 is 66.2. The zero-order chi connectivity index (χ0) is 23.3. The van der Waals surface area contributed by atoms with Crippen LogP contribution in [0.25, 0.3) is 0 Å². The number of rotatable bonds is 13. The van der Waals surface area contributed by atoms with Crippen molar-refractivity contribution in [3.05, 3.63) is 59.7 Å². The smallest absolute Gasteiger partial charge is 0.402 e. The molecule has 2 fully saturated rings. The molecule has 7 heteroatoms. The minimum atomic E-state index is -4.46. The predicted octanol–water partition coefficient (Wildman–Crippen LogP) is 6.06. The Balaban J connectivity index is 1.61. The predicted molar refractivity (Wildman–Crippen MR) is 119 cm³/mol. The van der Waals surface area contributed by atoms with Crippen LogP contribution < -0.4 is 9.47 Å². The Morgan fingerprint density at radius 1 is 0.758 bits per heavy atom. The van der Waals surface area contributed by atoms with E-state index in [2.05, 4.69) is 0 Å². The van der Waals surface area contributed by atoms with Gasteiger partial charge < -0.3 is 18.9 Å². The lowest BCUT2D eigenvalue weighted by atomic mass is 9.70. The molecule has 2 aliphatic heterocycles. The van der Waals surface area contributed by atoms with E-state index in [0.29, 0.717) is 44.3 Å². The van der Waals surface area contributed by atoms with Crippen LogP contribution in [0.15, 0.2) is 48.5 Å². The average molecular weight is 465 g/mol. The number of ether oxygens (including phenoxy) is 4. The minimum Gasteiger partial charge on any atom is -0.491 e. The number of alkyl halides is 3. The summed E-state index contributed by atoms with van der Waals surface area (Å²) in [6, 6.07) is 12.7. The summed E-state index contributed by atoms with van der Waals surface area (Å²) in [7, 11) is 0. The van der Waals surface area contributed by atoms with Crippen molar-refractivity contribution in [1.82, 2.24) is 0 Å². The third-order valence-corrected chi connectivity index (χ3v) is 6.26. The van der Waals surface area contributed by atoms with E-state index in [1.54, 1.807) is 48.5 Å². The van der Waals surface area contributed by atoms with Gasteiger partial charge in [-0.05, 0) is 41.8 Å². The summed E-state index contributed by atoms with van der Waals surface area (Å²) in [6.45, 7) is 4.21. The van der Waals surface area contributed by atoms with Crippen molar-refractivity contribution in [2.75, 3.05) is 26.4 Å². The Morgan fingerprint density at radius 2 is 1.21 bits per heavy atom. The topological polar surface area (TPSA) is 43.5 Å². The lowest BCUT2D eigenvalue weighted by Gasteiger charge is -2.37. The molecule has 0 aliphatic carbocycles. The highest BCUT2D eigenvalue weighted by atomic mass is 19.4. The summed E-state index contributed by atoms with van der Waals surface area (Å²) >= 11 is 0. The van der Waals surface area contributed by atoms with Crippen molar-refractivity contribution in [2.45, 2.75) is 62.8 Å². The minimum absolute atomic E-state index is 0.0112. The molecule has 180 valence electrons. The number of hydrogen-bond donors (Lipinski definition) is 0. The Morgan fingerprint density at radius 3 is 1.58 bits per heavy atom. The lowest BCUT2D eigenvalue weighted by Crippen LogP contribution is -2.43. The van der Waals surface area contributed by atoms with Gasteiger partial charge in [-0.1, -0.05) is 56.9 Å². The quantitative estimate of drug-likeness (QED) is 0.267. The number of unbranched alkanes of at least 4 members (excludes halogenated alkanes) is 3. The third-order valence-electron chi connectivity index (χ3n) is 6.26. The molecule has 2 atom stereocenters. The summed E-state index contributed by atoms with van der Waals surface area (Å²) in [5.41, 5.74) is -1.65. The molecule has 0 aromatic heterocycles. The molecule has 0 spiro atoms. The van der Waals surface area contributed by atoms with Crippen molar-refractivity contribution in [3.63, 3.8) is 0 Å². The number of hydrogen-bond acceptors (Lipinski definition) is 4. The second-order valence-electron chi connectivity index (χ2n) is 8.80. The van der Waals surface area contributed by atoms with Crippen LogP contribution in [0, 0.1) is 0 Å². The van der Waals surface area contributed by atoms with Crippen LogP contribution in [0.3, 0.4) is 0 Å². The summed E-state index contributed by atoms with van der Waals surface area (Å²) in [5.74, 6) is 1.09. The van der Waals surface area contributed by atoms with Crippen molar-refractivity contribution in [2.24, 2.45) is 0 Å². The molecule has 4 rings (SSSR count). The fraction of sp³-hybridized carbons (Fsp3) is 0.538. The number of benzene rings is 2. The molecule has 2 aromatic carbocycles. The first-order valence-corrected chi connectivity index (χ1v) is 11.7. The van der Waals surface area contributed by atoms with Gasteiger partial charge in [0, 0.05) is 0 Å². The first-order valence-electron chi connectivity index (χ1n) is 11.7. The van der Waals surface area contributed by atoms with E-state index < -0.39 is 11.6 Å². The first-order chi connectivity index (χ1) is 15.9. The molecule has 2 saturated heterocycles. The summed E-state index contributed by atoms with van der Waals surface area (Å²) in [4.78, 5) is 0. The Kier molecular flexibility index (Phi) is 7.49. The fourth-order valence-electron chi connectivity index (χ4n) is 4.12. The van der Waals surface area contributed by atoms with Gasteiger partial charge >= 0.3 is 6.18 Å². The molecule has 4 nitrogen and oxygen atoms in total. The van der Waals surface area contributed by atoms with Gasteiger partial charge in [-0.3, -0.25) is 0 Å². The molecule has 0 amide bonds. The van der Waals surface area contributed by atoms with Gasteiger partial charge in [0.1, 0.15) is 42.3 Å². The molecule has 0 bridgehead atoms. The maximum Gasteiger partial charge on any atom is 0.402 e. The molecular weight excluding hydrogens is 433 g/mol. The Bertz CT molecular complexity index is 812.